The summed E-state index contributed by atoms with van der Waals surface area (Å²) in [5.74, 6) is -0.0639. The summed E-state index contributed by atoms with van der Waals surface area (Å²) in [6.07, 6.45) is 0. The Morgan fingerprint density at radius 2 is 1.86 bits per heavy atom. The molecule has 1 heterocycles. The van der Waals surface area contributed by atoms with Crippen molar-refractivity contribution in [2.75, 3.05) is 19.8 Å². The lowest BCUT2D eigenvalue weighted by Crippen LogP contribution is -2.32. The molecule has 0 fully saturated rings. The second kappa shape index (κ2) is 9.45. The van der Waals surface area contributed by atoms with Gasteiger partial charge in [0.15, 0.2) is 6.61 Å². The normalized spacial score (nSPS) is 10.4. The van der Waals surface area contributed by atoms with Crippen LogP contribution in [0.1, 0.15) is 5.56 Å². The highest BCUT2D eigenvalue weighted by Gasteiger charge is 2.05. The molecule has 0 aliphatic rings. The van der Waals surface area contributed by atoms with Gasteiger partial charge in [-0.1, -0.05) is 35.9 Å². The van der Waals surface area contributed by atoms with E-state index in [9.17, 15) is 9.18 Å². The fraction of sp³-hybridized carbons (Fsp3) is 0.190. The number of halogens is 1. The van der Waals surface area contributed by atoms with Crippen LogP contribution >= 0.6 is 0 Å². The van der Waals surface area contributed by atoms with Crippen molar-refractivity contribution in [3.8, 4) is 22.9 Å². The van der Waals surface area contributed by atoms with Gasteiger partial charge in [-0.3, -0.25) is 4.79 Å². The molecule has 0 atom stereocenters. The summed E-state index contributed by atoms with van der Waals surface area (Å²) in [6.45, 7) is 2.35. The standard InChI is InChI=1S/C21H20FN3O3/c1-15-5-7-16(8-6-15)19-9-10-21(25-24-19)27-12-11-23-20(26)14-28-18-4-2-3-17(22)13-18/h2-10,13H,11-12,14H2,1H3,(H,23,26). The van der Waals surface area contributed by atoms with Crippen LogP contribution in [-0.4, -0.2) is 35.9 Å². The minimum absolute atomic E-state index is 0.200. The average Bonchev–Trinajstić information content (AvgIpc) is 2.71. The second-order valence-corrected chi connectivity index (χ2v) is 6.07. The van der Waals surface area contributed by atoms with Crippen LogP contribution in [0.25, 0.3) is 11.3 Å². The fourth-order valence-electron chi connectivity index (χ4n) is 2.38. The average molecular weight is 381 g/mol. The van der Waals surface area contributed by atoms with Crippen molar-refractivity contribution in [2.24, 2.45) is 0 Å². The Labute approximate surface area is 162 Å². The van der Waals surface area contributed by atoms with Gasteiger partial charge >= 0.3 is 0 Å². The summed E-state index contributed by atoms with van der Waals surface area (Å²) >= 11 is 0. The highest BCUT2D eigenvalue weighted by atomic mass is 19.1. The zero-order valence-corrected chi connectivity index (χ0v) is 15.4. The third-order valence-corrected chi connectivity index (χ3v) is 3.83. The van der Waals surface area contributed by atoms with Gasteiger partial charge < -0.3 is 14.8 Å². The SMILES string of the molecule is Cc1ccc(-c2ccc(OCCNC(=O)COc3cccc(F)c3)nn2)cc1. The number of hydrogen-bond donors (Lipinski definition) is 1. The molecule has 0 saturated carbocycles. The van der Waals surface area contributed by atoms with Gasteiger partial charge in [0.1, 0.15) is 18.2 Å². The van der Waals surface area contributed by atoms with Gasteiger partial charge in [0.05, 0.1) is 12.2 Å². The third kappa shape index (κ3) is 5.77. The van der Waals surface area contributed by atoms with Crippen LogP contribution in [0, 0.1) is 12.7 Å². The molecule has 7 heteroatoms. The lowest BCUT2D eigenvalue weighted by molar-refractivity contribution is -0.123. The van der Waals surface area contributed by atoms with Crippen LogP contribution in [0.3, 0.4) is 0 Å². The number of hydrogen-bond acceptors (Lipinski definition) is 5. The van der Waals surface area contributed by atoms with E-state index >= 15 is 0 Å². The van der Waals surface area contributed by atoms with Crippen molar-refractivity contribution in [1.29, 1.82) is 0 Å². The van der Waals surface area contributed by atoms with Crippen molar-refractivity contribution < 1.29 is 18.7 Å². The molecule has 1 amide bonds. The maximum atomic E-state index is 13.0. The van der Waals surface area contributed by atoms with E-state index in [2.05, 4.69) is 15.5 Å². The molecular weight excluding hydrogens is 361 g/mol. The molecular formula is C21H20FN3O3. The minimum Gasteiger partial charge on any atom is -0.484 e. The van der Waals surface area contributed by atoms with Gasteiger partial charge in [-0.15, -0.1) is 10.2 Å². The Morgan fingerprint density at radius 3 is 2.57 bits per heavy atom. The van der Waals surface area contributed by atoms with Gasteiger partial charge in [0.2, 0.25) is 5.88 Å². The van der Waals surface area contributed by atoms with Crippen LogP contribution in [0.5, 0.6) is 11.6 Å². The molecule has 144 valence electrons. The highest BCUT2D eigenvalue weighted by Crippen LogP contribution is 2.18. The number of carbonyl (C=O) groups is 1. The van der Waals surface area contributed by atoms with Crippen LogP contribution in [-0.2, 0) is 4.79 Å². The zero-order chi connectivity index (χ0) is 19.8. The summed E-state index contributed by atoms with van der Waals surface area (Å²) in [5, 5.41) is 10.8. The number of amides is 1. The number of nitrogens with one attached hydrogen (secondary N) is 1. The molecule has 3 aromatic rings. The Bertz CT molecular complexity index is 915. The Morgan fingerprint density at radius 1 is 1.04 bits per heavy atom. The van der Waals surface area contributed by atoms with Crippen LogP contribution in [0.15, 0.2) is 60.7 Å². The van der Waals surface area contributed by atoms with E-state index in [1.807, 2.05) is 37.3 Å². The summed E-state index contributed by atoms with van der Waals surface area (Å²) in [6, 6.07) is 17.2. The number of aryl methyl sites for hydroxylation is 1. The summed E-state index contributed by atoms with van der Waals surface area (Å²) in [7, 11) is 0. The maximum absolute atomic E-state index is 13.0. The molecule has 3 rings (SSSR count). The first-order chi connectivity index (χ1) is 13.6. The number of ether oxygens (including phenoxy) is 2. The molecule has 2 aromatic carbocycles. The van der Waals surface area contributed by atoms with E-state index in [1.54, 1.807) is 12.1 Å². The van der Waals surface area contributed by atoms with Crippen molar-refractivity contribution in [2.45, 2.75) is 6.92 Å². The molecule has 0 unspecified atom stereocenters. The van der Waals surface area contributed by atoms with Crippen LogP contribution in [0.4, 0.5) is 4.39 Å². The number of aromatic nitrogens is 2. The molecule has 1 aromatic heterocycles. The van der Waals surface area contributed by atoms with E-state index in [0.29, 0.717) is 11.6 Å². The third-order valence-electron chi connectivity index (χ3n) is 3.83. The van der Waals surface area contributed by atoms with Crippen molar-refractivity contribution in [3.05, 3.63) is 72.0 Å². The summed E-state index contributed by atoms with van der Waals surface area (Å²) in [4.78, 5) is 11.7. The number of benzene rings is 2. The lowest BCUT2D eigenvalue weighted by atomic mass is 10.1. The van der Waals surface area contributed by atoms with E-state index in [1.165, 1.54) is 23.8 Å². The molecule has 0 radical (unpaired) electrons. The van der Waals surface area contributed by atoms with E-state index < -0.39 is 5.82 Å². The Balaban J connectivity index is 1.37. The topological polar surface area (TPSA) is 73.3 Å². The van der Waals surface area contributed by atoms with Gasteiger partial charge in [-0.05, 0) is 25.1 Å². The monoisotopic (exact) mass is 381 g/mol. The molecule has 1 N–H and O–H groups in total. The number of carbonyl (C=O) groups excluding carboxylic acids is 1. The Hall–Kier alpha value is -3.48. The molecule has 0 bridgehead atoms. The van der Waals surface area contributed by atoms with E-state index in [-0.39, 0.29) is 25.7 Å². The molecule has 6 nitrogen and oxygen atoms in total. The summed E-state index contributed by atoms with van der Waals surface area (Å²) in [5.41, 5.74) is 2.92. The first kappa shape index (κ1) is 19.3. The number of rotatable bonds is 8. The Kier molecular flexibility index (Phi) is 6.51. The second-order valence-electron chi connectivity index (χ2n) is 6.07. The smallest absolute Gasteiger partial charge is 0.258 e. The molecule has 28 heavy (non-hydrogen) atoms. The fourth-order valence-corrected chi connectivity index (χ4v) is 2.38. The molecule has 0 aliphatic heterocycles. The maximum Gasteiger partial charge on any atom is 0.258 e. The van der Waals surface area contributed by atoms with Gasteiger partial charge in [0.25, 0.3) is 5.91 Å². The highest BCUT2D eigenvalue weighted by molar-refractivity contribution is 5.77. The van der Waals surface area contributed by atoms with Crippen molar-refractivity contribution in [3.63, 3.8) is 0 Å². The van der Waals surface area contributed by atoms with Crippen LogP contribution in [0.2, 0.25) is 0 Å². The van der Waals surface area contributed by atoms with Crippen LogP contribution < -0.4 is 14.8 Å². The molecule has 0 spiro atoms. The summed E-state index contributed by atoms with van der Waals surface area (Å²) < 4.78 is 23.7. The quantitative estimate of drug-likeness (QED) is 0.607. The van der Waals surface area contributed by atoms with Crippen molar-refractivity contribution in [1.82, 2.24) is 15.5 Å². The molecule has 0 aliphatic carbocycles. The lowest BCUT2D eigenvalue weighted by Gasteiger charge is -2.08. The largest absolute Gasteiger partial charge is 0.484 e. The van der Waals surface area contributed by atoms with Gasteiger partial charge in [-0.25, -0.2) is 4.39 Å². The van der Waals surface area contributed by atoms with E-state index in [4.69, 9.17) is 9.47 Å². The predicted octanol–water partition coefficient (Wildman–Crippen LogP) is 3.17. The first-order valence-corrected chi connectivity index (χ1v) is 8.79. The van der Waals surface area contributed by atoms with Gasteiger partial charge in [0, 0.05) is 17.7 Å². The van der Waals surface area contributed by atoms with Crippen molar-refractivity contribution >= 4 is 5.91 Å². The minimum atomic E-state index is -0.416. The first-order valence-electron chi connectivity index (χ1n) is 8.79. The zero-order valence-electron chi connectivity index (χ0n) is 15.4. The predicted molar refractivity (Wildman–Crippen MR) is 103 cm³/mol. The van der Waals surface area contributed by atoms with E-state index in [0.717, 1.165) is 11.3 Å². The molecule has 0 saturated heterocycles. The number of nitrogens with zero attached hydrogens (tertiary/aromatic N) is 2. The van der Waals surface area contributed by atoms with Gasteiger partial charge in [-0.2, -0.15) is 0 Å².